The Balaban J connectivity index is 1.79. The summed E-state index contributed by atoms with van der Waals surface area (Å²) in [6.45, 7) is 4.51. The van der Waals surface area contributed by atoms with E-state index in [1.54, 1.807) is 0 Å². The zero-order valence-electron chi connectivity index (χ0n) is 10.3. The Bertz CT molecular complexity index is 306. The third-order valence-corrected chi connectivity index (χ3v) is 3.63. The molecule has 0 saturated heterocycles. The van der Waals surface area contributed by atoms with Crippen LogP contribution in [0.2, 0.25) is 0 Å². The maximum absolute atomic E-state index is 4.16. The predicted octanol–water partition coefficient (Wildman–Crippen LogP) is 3.31. The van der Waals surface area contributed by atoms with Gasteiger partial charge >= 0.3 is 0 Å². The topological polar surface area (TPSA) is 24.9 Å². The molecule has 0 radical (unpaired) electrons. The zero-order chi connectivity index (χ0) is 11.4. The largest absolute Gasteiger partial charge is 0.308 e. The van der Waals surface area contributed by atoms with E-state index in [1.807, 2.05) is 18.5 Å². The van der Waals surface area contributed by atoms with Crippen LogP contribution in [-0.2, 0) is 0 Å². The summed E-state index contributed by atoms with van der Waals surface area (Å²) in [6, 6.07) is 5.16. The molecule has 0 aliphatic heterocycles. The standard InChI is InChI=1S/C14H22N2/c1-11(9-13-5-3-6-13)16-12(2)14-7-4-8-15-10-14/h4,7-8,10-13,16H,3,5-6,9H2,1-2H3/t11?,12-/m0/s1. The van der Waals surface area contributed by atoms with E-state index in [0.717, 1.165) is 5.92 Å². The van der Waals surface area contributed by atoms with Gasteiger partial charge in [-0.1, -0.05) is 25.3 Å². The second-order valence-corrected chi connectivity index (χ2v) is 5.11. The molecule has 0 spiro atoms. The highest BCUT2D eigenvalue weighted by Crippen LogP contribution is 2.30. The van der Waals surface area contributed by atoms with Gasteiger partial charge in [0.1, 0.15) is 0 Å². The Labute approximate surface area is 98.5 Å². The van der Waals surface area contributed by atoms with Crippen LogP contribution in [0.1, 0.15) is 51.1 Å². The van der Waals surface area contributed by atoms with Gasteiger partial charge in [0.25, 0.3) is 0 Å². The quantitative estimate of drug-likeness (QED) is 0.820. The fourth-order valence-electron chi connectivity index (χ4n) is 2.45. The van der Waals surface area contributed by atoms with Crippen LogP contribution < -0.4 is 5.32 Å². The minimum Gasteiger partial charge on any atom is -0.308 e. The first-order valence-corrected chi connectivity index (χ1v) is 6.41. The highest BCUT2D eigenvalue weighted by Gasteiger charge is 2.20. The van der Waals surface area contributed by atoms with Crippen LogP contribution in [0.3, 0.4) is 0 Å². The summed E-state index contributed by atoms with van der Waals surface area (Å²) in [7, 11) is 0. The van der Waals surface area contributed by atoms with Gasteiger partial charge in [-0.25, -0.2) is 0 Å². The van der Waals surface area contributed by atoms with E-state index in [9.17, 15) is 0 Å². The monoisotopic (exact) mass is 218 g/mol. The van der Waals surface area contributed by atoms with E-state index in [1.165, 1.54) is 31.2 Å². The van der Waals surface area contributed by atoms with E-state index in [4.69, 9.17) is 0 Å². The van der Waals surface area contributed by atoms with Gasteiger partial charge in [-0.05, 0) is 37.8 Å². The van der Waals surface area contributed by atoms with Gasteiger partial charge in [0, 0.05) is 24.5 Å². The molecule has 2 atom stereocenters. The summed E-state index contributed by atoms with van der Waals surface area (Å²) in [5.41, 5.74) is 1.28. The van der Waals surface area contributed by atoms with Crippen LogP contribution in [0, 0.1) is 5.92 Å². The number of nitrogens with one attached hydrogen (secondary N) is 1. The Morgan fingerprint density at radius 2 is 2.25 bits per heavy atom. The van der Waals surface area contributed by atoms with Gasteiger partial charge in [-0.3, -0.25) is 4.98 Å². The van der Waals surface area contributed by atoms with E-state index in [-0.39, 0.29) is 0 Å². The second kappa shape index (κ2) is 5.44. The van der Waals surface area contributed by atoms with Crippen molar-refractivity contribution in [3.63, 3.8) is 0 Å². The molecule has 1 heterocycles. The van der Waals surface area contributed by atoms with Crippen LogP contribution in [0.25, 0.3) is 0 Å². The van der Waals surface area contributed by atoms with Crippen molar-refractivity contribution >= 4 is 0 Å². The highest BCUT2D eigenvalue weighted by molar-refractivity contribution is 5.12. The summed E-state index contributed by atoms with van der Waals surface area (Å²) >= 11 is 0. The van der Waals surface area contributed by atoms with Crippen LogP contribution in [0.5, 0.6) is 0 Å². The van der Waals surface area contributed by atoms with Crippen molar-refractivity contribution in [1.29, 1.82) is 0 Å². The number of pyridine rings is 1. The lowest BCUT2D eigenvalue weighted by Gasteiger charge is -2.30. The van der Waals surface area contributed by atoms with Gasteiger partial charge in [0.2, 0.25) is 0 Å². The lowest BCUT2D eigenvalue weighted by molar-refractivity contribution is 0.259. The second-order valence-electron chi connectivity index (χ2n) is 5.11. The minimum atomic E-state index is 0.406. The summed E-state index contributed by atoms with van der Waals surface area (Å²) in [6.07, 6.45) is 9.42. The van der Waals surface area contributed by atoms with Crippen LogP contribution in [0.15, 0.2) is 24.5 Å². The molecule has 1 aromatic rings. The molecule has 88 valence electrons. The van der Waals surface area contributed by atoms with Crippen LogP contribution >= 0.6 is 0 Å². The van der Waals surface area contributed by atoms with Crippen LogP contribution in [0.4, 0.5) is 0 Å². The molecule has 2 heteroatoms. The van der Waals surface area contributed by atoms with Gasteiger partial charge in [0.15, 0.2) is 0 Å². The molecule has 2 nitrogen and oxygen atoms in total. The molecular formula is C14H22N2. The number of hydrogen-bond acceptors (Lipinski definition) is 2. The van der Waals surface area contributed by atoms with Crippen molar-refractivity contribution in [3.05, 3.63) is 30.1 Å². The highest BCUT2D eigenvalue weighted by atomic mass is 14.9. The molecule has 16 heavy (non-hydrogen) atoms. The number of hydrogen-bond donors (Lipinski definition) is 1. The first kappa shape index (κ1) is 11.6. The Hall–Kier alpha value is -0.890. The number of aromatic nitrogens is 1. The van der Waals surface area contributed by atoms with E-state index >= 15 is 0 Å². The first-order valence-electron chi connectivity index (χ1n) is 6.41. The third-order valence-electron chi connectivity index (χ3n) is 3.63. The Morgan fingerprint density at radius 3 is 2.81 bits per heavy atom. The molecular weight excluding hydrogens is 196 g/mol. The molecule has 1 aliphatic rings. The van der Waals surface area contributed by atoms with E-state index in [0.29, 0.717) is 12.1 Å². The minimum absolute atomic E-state index is 0.406. The summed E-state index contributed by atoms with van der Waals surface area (Å²) < 4.78 is 0. The van der Waals surface area contributed by atoms with Crippen molar-refractivity contribution in [2.45, 2.75) is 51.6 Å². The lowest BCUT2D eigenvalue weighted by Crippen LogP contribution is -2.32. The molecule has 1 aromatic heterocycles. The van der Waals surface area contributed by atoms with E-state index in [2.05, 4.69) is 30.2 Å². The van der Waals surface area contributed by atoms with Gasteiger partial charge in [0.05, 0.1) is 0 Å². The third kappa shape index (κ3) is 3.05. The fraction of sp³-hybridized carbons (Fsp3) is 0.643. The van der Waals surface area contributed by atoms with Crippen molar-refractivity contribution in [2.75, 3.05) is 0 Å². The van der Waals surface area contributed by atoms with Crippen molar-refractivity contribution in [1.82, 2.24) is 10.3 Å². The summed E-state index contributed by atoms with van der Waals surface area (Å²) in [5.74, 6) is 0.976. The smallest absolute Gasteiger partial charge is 0.0315 e. The summed E-state index contributed by atoms with van der Waals surface area (Å²) in [5, 5.41) is 3.66. The Morgan fingerprint density at radius 1 is 1.44 bits per heavy atom. The molecule has 1 saturated carbocycles. The molecule has 1 unspecified atom stereocenters. The zero-order valence-corrected chi connectivity index (χ0v) is 10.3. The predicted molar refractivity (Wildman–Crippen MR) is 67.2 cm³/mol. The van der Waals surface area contributed by atoms with Gasteiger partial charge < -0.3 is 5.32 Å². The average Bonchev–Trinajstić information content (AvgIpc) is 2.25. The average molecular weight is 218 g/mol. The SMILES string of the molecule is CC(CC1CCC1)N[C@@H](C)c1cccnc1. The van der Waals surface area contributed by atoms with Crippen LogP contribution in [-0.4, -0.2) is 11.0 Å². The van der Waals surface area contributed by atoms with Crippen molar-refractivity contribution < 1.29 is 0 Å². The maximum atomic E-state index is 4.16. The fourth-order valence-corrected chi connectivity index (χ4v) is 2.45. The number of nitrogens with zero attached hydrogens (tertiary/aromatic N) is 1. The van der Waals surface area contributed by atoms with Crippen molar-refractivity contribution in [2.24, 2.45) is 5.92 Å². The van der Waals surface area contributed by atoms with Crippen molar-refractivity contribution in [3.8, 4) is 0 Å². The lowest BCUT2D eigenvalue weighted by atomic mass is 9.81. The molecule has 1 aliphatic carbocycles. The molecule has 0 bridgehead atoms. The van der Waals surface area contributed by atoms with Gasteiger partial charge in [-0.2, -0.15) is 0 Å². The van der Waals surface area contributed by atoms with E-state index < -0.39 is 0 Å². The normalized spacial score (nSPS) is 20.1. The number of rotatable bonds is 5. The maximum Gasteiger partial charge on any atom is 0.0315 e. The molecule has 1 N–H and O–H groups in total. The Kier molecular flexibility index (Phi) is 3.94. The molecule has 0 aromatic carbocycles. The first-order chi connectivity index (χ1) is 7.75. The summed E-state index contributed by atoms with van der Waals surface area (Å²) in [4.78, 5) is 4.16. The molecule has 0 amide bonds. The molecule has 1 fully saturated rings. The van der Waals surface area contributed by atoms with Gasteiger partial charge in [-0.15, -0.1) is 0 Å². The molecule has 2 rings (SSSR count).